The molecule has 2 aromatic rings. The highest BCUT2D eigenvalue weighted by molar-refractivity contribution is 6.33. The van der Waals surface area contributed by atoms with E-state index in [2.05, 4.69) is 10.1 Å². The third kappa shape index (κ3) is 4.67. The summed E-state index contributed by atoms with van der Waals surface area (Å²) in [6, 6.07) is 9.94. The second kappa shape index (κ2) is 8.11. The number of carbonyl (C=O) groups excluding carboxylic acids is 2. The van der Waals surface area contributed by atoms with E-state index in [0.717, 1.165) is 0 Å². The summed E-state index contributed by atoms with van der Waals surface area (Å²) < 4.78 is 9.78. The van der Waals surface area contributed by atoms with E-state index < -0.39 is 23.4 Å². The lowest BCUT2D eigenvalue weighted by atomic mass is 10.2. The lowest BCUT2D eigenvalue weighted by Crippen LogP contribution is -2.21. The number of esters is 1. The summed E-state index contributed by atoms with van der Waals surface area (Å²) in [5.74, 6) is -1.21. The monoisotopic (exact) mass is 364 g/mol. The number of carbonyl (C=O) groups is 2. The fourth-order valence-corrected chi connectivity index (χ4v) is 2.09. The van der Waals surface area contributed by atoms with Gasteiger partial charge in [-0.25, -0.2) is 4.79 Å². The molecule has 0 aromatic heterocycles. The molecule has 130 valence electrons. The molecule has 0 unspecified atom stereocenters. The Balaban J connectivity index is 2.06. The van der Waals surface area contributed by atoms with Gasteiger partial charge in [-0.15, -0.1) is 0 Å². The van der Waals surface area contributed by atoms with Crippen molar-refractivity contribution >= 4 is 34.9 Å². The molecule has 2 rings (SSSR count). The van der Waals surface area contributed by atoms with Crippen molar-refractivity contribution in [3.8, 4) is 5.75 Å². The van der Waals surface area contributed by atoms with E-state index in [4.69, 9.17) is 16.3 Å². The Morgan fingerprint density at radius 2 is 1.96 bits per heavy atom. The van der Waals surface area contributed by atoms with Crippen LogP contribution in [-0.4, -0.2) is 30.5 Å². The van der Waals surface area contributed by atoms with Gasteiger partial charge in [0.15, 0.2) is 12.4 Å². The minimum Gasteiger partial charge on any atom is -0.477 e. The topological polar surface area (TPSA) is 108 Å². The van der Waals surface area contributed by atoms with Crippen molar-refractivity contribution in [2.45, 2.75) is 0 Å². The van der Waals surface area contributed by atoms with Crippen molar-refractivity contribution in [1.82, 2.24) is 0 Å². The molecule has 0 heterocycles. The number of hydrogen-bond acceptors (Lipinski definition) is 6. The van der Waals surface area contributed by atoms with E-state index >= 15 is 0 Å². The molecule has 0 bridgehead atoms. The summed E-state index contributed by atoms with van der Waals surface area (Å²) in [6.45, 7) is -0.469. The molecule has 0 aliphatic rings. The highest BCUT2D eigenvalue weighted by Crippen LogP contribution is 2.26. The molecule has 0 fully saturated rings. The van der Waals surface area contributed by atoms with Crippen LogP contribution in [0.2, 0.25) is 5.02 Å². The summed E-state index contributed by atoms with van der Waals surface area (Å²) in [5, 5.41) is 13.6. The first-order chi connectivity index (χ1) is 11.9. The number of methoxy groups -OCH3 is 1. The van der Waals surface area contributed by atoms with Crippen molar-refractivity contribution in [1.29, 1.82) is 0 Å². The molecule has 0 saturated heterocycles. The molecule has 0 saturated carbocycles. The number of hydrogen-bond donors (Lipinski definition) is 1. The average Bonchev–Trinajstić information content (AvgIpc) is 2.61. The van der Waals surface area contributed by atoms with E-state index in [0.29, 0.717) is 0 Å². The number of nitrogens with one attached hydrogen (secondary N) is 1. The van der Waals surface area contributed by atoms with Gasteiger partial charge in [0.1, 0.15) is 0 Å². The van der Waals surface area contributed by atoms with Crippen LogP contribution in [0, 0.1) is 10.1 Å². The first-order valence-electron chi connectivity index (χ1n) is 6.96. The fraction of sp³-hybridized carbons (Fsp3) is 0.125. The molecule has 1 N–H and O–H groups in total. The zero-order valence-electron chi connectivity index (χ0n) is 13.0. The molecule has 0 aliphatic heterocycles. The van der Waals surface area contributed by atoms with Crippen LogP contribution in [0.4, 0.5) is 11.4 Å². The van der Waals surface area contributed by atoms with Crippen LogP contribution in [-0.2, 0) is 9.53 Å². The quantitative estimate of drug-likeness (QED) is 0.479. The maximum Gasteiger partial charge on any atom is 0.337 e. The molecule has 0 radical (unpaired) electrons. The minimum atomic E-state index is -0.607. The number of benzene rings is 2. The number of para-hydroxylation sites is 2. The van der Waals surface area contributed by atoms with Crippen LogP contribution in [0.3, 0.4) is 0 Å². The number of rotatable bonds is 6. The number of halogens is 1. The van der Waals surface area contributed by atoms with Crippen LogP contribution in [0.1, 0.15) is 10.4 Å². The third-order valence-corrected chi connectivity index (χ3v) is 3.41. The molecule has 0 spiro atoms. The lowest BCUT2D eigenvalue weighted by molar-refractivity contribution is -0.385. The number of ether oxygens (including phenoxy) is 2. The van der Waals surface area contributed by atoms with Gasteiger partial charge < -0.3 is 14.8 Å². The van der Waals surface area contributed by atoms with Gasteiger partial charge in [-0.3, -0.25) is 14.9 Å². The van der Waals surface area contributed by atoms with Crippen molar-refractivity contribution < 1.29 is 24.0 Å². The van der Waals surface area contributed by atoms with Gasteiger partial charge in [0.25, 0.3) is 5.91 Å². The summed E-state index contributed by atoms with van der Waals surface area (Å²) in [6.07, 6.45) is 0. The number of nitro groups is 1. The zero-order chi connectivity index (χ0) is 18.4. The summed E-state index contributed by atoms with van der Waals surface area (Å²) >= 11 is 5.98. The Morgan fingerprint density at radius 1 is 1.24 bits per heavy atom. The third-order valence-electron chi connectivity index (χ3n) is 3.08. The predicted octanol–water partition coefficient (Wildman–Crippen LogP) is 3.05. The molecule has 8 nitrogen and oxygen atoms in total. The first-order valence-corrected chi connectivity index (χ1v) is 7.34. The number of nitro benzene ring substituents is 1. The van der Waals surface area contributed by atoms with Crippen molar-refractivity contribution in [3.63, 3.8) is 0 Å². The normalized spacial score (nSPS) is 10.0. The van der Waals surface area contributed by atoms with Crippen molar-refractivity contribution in [2.75, 3.05) is 19.0 Å². The van der Waals surface area contributed by atoms with Crippen LogP contribution in [0.25, 0.3) is 0 Å². The second-order valence-corrected chi connectivity index (χ2v) is 5.16. The lowest BCUT2D eigenvalue weighted by Gasteiger charge is -2.10. The molecular weight excluding hydrogens is 352 g/mol. The number of amides is 1. The van der Waals surface area contributed by atoms with E-state index in [9.17, 15) is 19.7 Å². The molecule has 2 aromatic carbocycles. The highest BCUT2D eigenvalue weighted by Gasteiger charge is 2.16. The second-order valence-electron chi connectivity index (χ2n) is 4.75. The Morgan fingerprint density at radius 3 is 2.64 bits per heavy atom. The zero-order valence-corrected chi connectivity index (χ0v) is 13.8. The van der Waals surface area contributed by atoms with E-state index in [1.54, 1.807) is 6.07 Å². The highest BCUT2D eigenvalue weighted by atomic mass is 35.5. The van der Waals surface area contributed by atoms with Crippen molar-refractivity contribution in [2.24, 2.45) is 0 Å². The van der Waals surface area contributed by atoms with Gasteiger partial charge in [0, 0.05) is 6.07 Å². The Bertz CT molecular complexity index is 824. The van der Waals surface area contributed by atoms with Crippen LogP contribution in [0.15, 0.2) is 42.5 Å². The molecular formula is C16H13ClN2O6. The molecule has 0 atom stereocenters. The Hall–Kier alpha value is -3.13. The van der Waals surface area contributed by atoms with Crippen molar-refractivity contribution in [3.05, 3.63) is 63.2 Å². The van der Waals surface area contributed by atoms with Crippen LogP contribution < -0.4 is 10.1 Å². The Labute approximate surface area is 147 Å². The van der Waals surface area contributed by atoms with Crippen LogP contribution in [0.5, 0.6) is 5.75 Å². The van der Waals surface area contributed by atoms with Crippen LogP contribution >= 0.6 is 11.6 Å². The Kier molecular flexibility index (Phi) is 5.91. The molecule has 25 heavy (non-hydrogen) atoms. The average molecular weight is 365 g/mol. The van der Waals surface area contributed by atoms with Gasteiger partial charge >= 0.3 is 11.7 Å². The SMILES string of the molecule is COC(=O)c1ccc(Cl)c(NC(=O)COc2ccccc2[N+](=O)[O-])c1. The number of anilines is 1. The maximum absolute atomic E-state index is 12.0. The summed E-state index contributed by atoms with van der Waals surface area (Å²) in [5.41, 5.74) is 0.156. The minimum absolute atomic E-state index is 0.0305. The van der Waals surface area contributed by atoms with Gasteiger partial charge in [-0.05, 0) is 24.3 Å². The fourth-order valence-electron chi connectivity index (χ4n) is 1.93. The molecule has 0 aliphatic carbocycles. The maximum atomic E-state index is 12.0. The molecule has 9 heteroatoms. The van der Waals surface area contributed by atoms with E-state index in [1.165, 1.54) is 43.5 Å². The molecule has 1 amide bonds. The smallest absolute Gasteiger partial charge is 0.337 e. The summed E-state index contributed by atoms with van der Waals surface area (Å²) in [4.78, 5) is 33.8. The number of nitrogens with zero attached hydrogens (tertiary/aromatic N) is 1. The first kappa shape index (κ1) is 18.2. The predicted molar refractivity (Wildman–Crippen MR) is 90.0 cm³/mol. The largest absolute Gasteiger partial charge is 0.477 e. The van der Waals surface area contributed by atoms with E-state index in [-0.39, 0.29) is 27.7 Å². The van der Waals surface area contributed by atoms with E-state index in [1.807, 2.05) is 0 Å². The van der Waals surface area contributed by atoms with Gasteiger partial charge in [-0.1, -0.05) is 23.7 Å². The summed E-state index contributed by atoms with van der Waals surface area (Å²) in [7, 11) is 1.23. The standard InChI is InChI=1S/C16H13ClN2O6/c1-24-16(21)10-6-7-11(17)12(8-10)18-15(20)9-25-14-5-3-2-4-13(14)19(22)23/h2-8H,9H2,1H3,(H,18,20). The van der Waals surface area contributed by atoms with Gasteiger partial charge in [0.05, 0.1) is 28.3 Å². The van der Waals surface area contributed by atoms with Gasteiger partial charge in [0.2, 0.25) is 0 Å². The van der Waals surface area contributed by atoms with Gasteiger partial charge in [-0.2, -0.15) is 0 Å².